The molecule has 2 amide bonds. The van der Waals surface area contributed by atoms with Crippen LogP contribution >= 0.6 is 0 Å². The molecule has 1 aliphatic carbocycles. The minimum atomic E-state index is -0.825. The number of fused-ring (bicyclic) bond motifs is 1. The van der Waals surface area contributed by atoms with Gasteiger partial charge in [-0.2, -0.15) is 0 Å². The van der Waals surface area contributed by atoms with Gasteiger partial charge in [0.05, 0.1) is 18.7 Å². The second kappa shape index (κ2) is 5.54. The van der Waals surface area contributed by atoms with Crippen LogP contribution in [0.3, 0.4) is 0 Å². The summed E-state index contributed by atoms with van der Waals surface area (Å²) in [5, 5.41) is 0. The highest BCUT2D eigenvalue weighted by atomic mass is 16.6. The SMILES string of the molecule is CCOC(=O)C(=O)N1CCN(C(=O)OC(C)(C)C)C2CC21. The molecule has 2 fully saturated rings. The van der Waals surface area contributed by atoms with Crippen molar-refractivity contribution in [1.29, 1.82) is 0 Å². The molecule has 2 unspecified atom stereocenters. The van der Waals surface area contributed by atoms with Crippen LogP contribution in [-0.4, -0.2) is 65.2 Å². The highest BCUT2D eigenvalue weighted by Crippen LogP contribution is 2.37. The molecule has 1 aliphatic heterocycles. The molecule has 7 nitrogen and oxygen atoms in total. The van der Waals surface area contributed by atoms with Crippen LogP contribution in [0.25, 0.3) is 0 Å². The average molecular weight is 298 g/mol. The lowest BCUT2D eigenvalue weighted by Crippen LogP contribution is -2.53. The van der Waals surface area contributed by atoms with Crippen LogP contribution in [0.4, 0.5) is 4.79 Å². The first-order chi connectivity index (χ1) is 9.74. The van der Waals surface area contributed by atoms with Gasteiger partial charge in [-0.1, -0.05) is 0 Å². The van der Waals surface area contributed by atoms with E-state index in [1.54, 1.807) is 11.8 Å². The van der Waals surface area contributed by atoms with Crippen molar-refractivity contribution in [1.82, 2.24) is 9.80 Å². The van der Waals surface area contributed by atoms with Gasteiger partial charge in [-0.05, 0) is 34.1 Å². The topological polar surface area (TPSA) is 76.2 Å². The van der Waals surface area contributed by atoms with Crippen LogP contribution in [0.2, 0.25) is 0 Å². The average Bonchev–Trinajstić information content (AvgIpc) is 3.14. The number of esters is 1. The van der Waals surface area contributed by atoms with Crippen molar-refractivity contribution >= 4 is 18.0 Å². The van der Waals surface area contributed by atoms with Gasteiger partial charge in [0.15, 0.2) is 0 Å². The first-order valence-electron chi connectivity index (χ1n) is 7.22. The molecule has 0 spiro atoms. The van der Waals surface area contributed by atoms with E-state index in [2.05, 4.69) is 0 Å². The number of rotatable bonds is 1. The maximum Gasteiger partial charge on any atom is 0.410 e. The van der Waals surface area contributed by atoms with E-state index in [-0.39, 0.29) is 24.8 Å². The van der Waals surface area contributed by atoms with Gasteiger partial charge in [0.1, 0.15) is 5.60 Å². The van der Waals surface area contributed by atoms with Gasteiger partial charge in [0.2, 0.25) is 0 Å². The molecule has 1 saturated heterocycles. The van der Waals surface area contributed by atoms with E-state index >= 15 is 0 Å². The number of hydrogen-bond acceptors (Lipinski definition) is 5. The van der Waals surface area contributed by atoms with Crippen molar-refractivity contribution in [2.45, 2.75) is 51.8 Å². The van der Waals surface area contributed by atoms with Gasteiger partial charge in [0, 0.05) is 13.1 Å². The number of carbonyl (C=O) groups is 3. The Hall–Kier alpha value is -1.79. The van der Waals surface area contributed by atoms with Gasteiger partial charge < -0.3 is 19.3 Å². The number of piperazine rings is 1. The van der Waals surface area contributed by atoms with Crippen molar-refractivity contribution < 1.29 is 23.9 Å². The van der Waals surface area contributed by atoms with Crippen molar-refractivity contribution in [3.63, 3.8) is 0 Å². The molecular formula is C14H22N2O5. The van der Waals surface area contributed by atoms with Crippen molar-refractivity contribution in [2.75, 3.05) is 19.7 Å². The Morgan fingerprint density at radius 1 is 1.10 bits per heavy atom. The minimum Gasteiger partial charge on any atom is -0.459 e. The zero-order valence-electron chi connectivity index (χ0n) is 12.9. The third kappa shape index (κ3) is 3.46. The van der Waals surface area contributed by atoms with E-state index in [1.165, 1.54) is 4.90 Å². The third-order valence-electron chi connectivity index (χ3n) is 3.45. The van der Waals surface area contributed by atoms with Gasteiger partial charge in [-0.15, -0.1) is 0 Å². The predicted molar refractivity (Wildman–Crippen MR) is 73.5 cm³/mol. The van der Waals surface area contributed by atoms with E-state index in [4.69, 9.17) is 9.47 Å². The van der Waals surface area contributed by atoms with Crippen LogP contribution < -0.4 is 0 Å². The Labute approximate surface area is 124 Å². The number of hydrogen-bond donors (Lipinski definition) is 0. The number of amides is 2. The maximum absolute atomic E-state index is 12.1. The molecule has 0 N–H and O–H groups in total. The predicted octanol–water partition coefficient (Wildman–Crippen LogP) is 0.770. The van der Waals surface area contributed by atoms with E-state index in [9.17, 15) is 14.4 Å². The van der Waals surface area contributed by atoms with Gasteiger partial charge in [-0.25, -0.2) is 9.59 Å². The van der Waals surface area contributed by atoms with Gasteiger partial charge in [0.25, 0.3) is 0 Å². The monoisotopic (exact) mass is 298 g/mol. The lowest BCUT2D eigenvalue weighted by Gasteiger charge is -2.34. The van der Waals surface area contributed by atoms with Crippen LogP contribution in [0.5, 0.6) is 0 Å². The molecule has 2 rings (SSSR count). The number of nitrogens with zero attached hydrogens (tertiary/aromatic N) is 2. The summed E-state index contributed by atoms with van der Waals surface area (Å²) in [6.07, 6.45) is 0.322. The Morgan fingerprint density at radius 3 is 2.24 bits per heavy atom. The lowest BCUT2D eigenvalue weighted by molar-refractivity contribution is -0.160. The van der Waals surface area contributed by atoms with Crippen molar-refractivity contribution in [3.05, 3.63) is 0 Å². The van der Waals surface area contributed by atoms with E-state index in [0.717, 1.165) is 0 Å². The molecule has 1 heterocycles. The van der Waals surface area contributed by atoms with Crippen molar-refractivity contribution in [2.24, 2.45) is 0 Å². The number of carbonyl (C=O) groups excluding carboxylic acids is 3. The Balaban J connectivity index is 1.93. The summed E-state index contributed by atoms with van der Waals surface area (Å²) in [5.74, 6) is -1.44. The highest BCUT2D eigenvalue weighted by Gasteiger charge is 2.54. The second-order valence-corrected chi connectivity index (χ2v) is 6.26. The molecular weight excluding hydrogens is 276 g/mol. The fraction of sp³-hybridized carbons (Fsp3) is 0.786. The van der Waals surface area contributed by atoms with Crippen LogP contribution in [0.1, 0.15) is 34.1 Å². The summed E-state index contributed by atoms with van der Waals surface area (Å²) in [4.78, 5) is 38.7. The zero-order valence-corrected chi connectivity index (χ0v) is 12.9. The standard InChI is InChI=1S/C14H22N2O5/c1-5-20-12(18)11(17)15-6-7-16(10-8-9(10)15)13(19)21-14(2,3)4/h9-10H,5-8H2,1-4H3. The Bertz CT molecular complexity index is 457. The van der Waals surface area contributed by atoms with E-state index in [0.29, 0.717) is 19.5 Å². The summed E-state index contributed by atoms with van der Waals surface area (Å²) in [5.41, 5.74) is -0.542. The van der Waals surface area contributed by atoms with Crippen LogP contribution in [-0.2, 0) is 19.1 Å². The number of ether oxygens (including phenoxy) is 2. The Kier molecular flexibility index (Phi) is 4.11. The van der Waals surface area contributed by atoms with E-state index < -0.39 is 17.5 Å². The first kappa shape index (κ1) is 15.6. The van der Waals surface area contributed by atoms with Crippen LogP contribution in [0, 0.1) is 0 Å². The third-order valence-corrected chi connectivity index (χ3v) is 3.45. The molecule has 118 valence electrons. The van der Waals surface area contributed by atoms with Gasteiger partial charge >= 0.3 is 18.0 Å². The van der Waals surface area contributed by atoms with Crippen LogP contribution in [0.15, 0.2) is 0 Å². The summed E-state index contributed by atoms with van der Waals surface area (Å²) < 4.78 is 10.1. The fourth-order valence-electron chi connectivity index (χ4n) is 2.50. The molecule has 2 aliphatic rings. The molecule has 0 radical (unpaired) electrons. The lowest BCUT2D eigenvalue weighted by atomic mass is 10.2. The first-order valence-corrected chi connectivity index (χ1v) is 7.22. The zero-order chi connectivity index (χ0) is 15.8. The summed E-state index contributed by atoms with van der Waals surface area (Å²) >= 11 is 0. The van der Waals surface area contributed by atoms with Gasteiger partial charge in [-0.3, -0.25) is 4.79 Å². The normalized spacial score (nSPS) is 24.2. The molecule has 7 heteroatoms. The largest absolute Gasteiger partial charge is 0.459 e. The fourth-order valence-corrected chi connectivity index (χ4v) is 2.50. The highest BCUT2D eigenvalue weighted by molar-refractivity contribution is 6.32. The Morgan fingerprint density at radius 2 is 1.67 bits per heavy atom. The molecule has 0 aromatic carbocycles. The molecule has 21 heavy (non-hydrogen) atoms. The quantitative estimate of drug-likeness (QED) is 0.528. The van der Waals surface area contributed by atoms with E-state index in [1.807, 2.05) is 20.8 Å². The summed E-state index contributed by atoms with van der Waals surface area (Å²) in [7, 11) is 0. The molecule has 2 atom stereocenters. The maximum atomic E-state index is 12.1. The smallest absolute Gasteiger partial charge is 0.410 e. The second-order valence-electron chi connectivity index (χ2n) is 6.26. The summed E-state index contributed by atoms with van der Waals surface area (Å²) in [6.45, 7) is 7.99. The van der Waals surface area contributed by atoms with Crippen molar-refractivity contribution in [3.8, 4) is 0 Å². The summed E-state index contributed by atoms with van der Waals surface area (Å²) in [6, 6.07) is -0.143. The molecule has 0 bridgehead atoms. The minimum absolute atomic E-state index is 0.0491. The molecule has 0 aromatic heterocycles. The molecule has 0 aromatic rings. The molecule has 1 saturated carbocycles.